The third-order valence-electron chi connectivity index (χ3n) is 1.89. The highest BCUT2D eigenvalue weighted by molar-refractivity contribution is 5.30. The molecule has 0 atom stereocenters. The van der Waals surface area contributed by atoms with E-state index in [1.54, 1.807) is 0 Å². The fourth-order valence-electron chi connectivity index (χ4n) is 1.34. The molecule has 0 aliphatic carbocycles. The van der Waals surface area contributed by atoms with Gasteiger partial charge in [-0.25, -0.2) is 0 Å². The van der Waals surface area contributed by atoms with Crippen molar-refractivity contribution < 1.29 is 26.3 Å². The van der Waals surface area contributed by atoms with Gasteiger partial charge < -0.3 is 5.73 Å². The van der Waals surface area contributed by atoms with E-state index >= 15 is 0 Å². The van der Waals surface area contributed by atoms with Crippen molar-refractivity contribution >= 4 is 0 Å². The summed E-state index contributed by atoms with van der Waals surface area (Å²) in [7, 11) is 0.789. The maximum atomic E-state index is 12.4. The van der Waals surface area contributed by atoms with Crippen LogP contribution in [-0.2, 0) is 25.9 Å². The molecule has 0 radical (unpaired) electrons. The zero-order valence-corrected chi connectivity index (χ0v) is 7.95. The van der Waals surface area contributed by atoms with E-state index in [1.807, 2.05) is 0 Å². The summed E-state index contributed by atoms with van der Waals surface area (Å²) in [5, 5.41) is 2.81. The Morgan fingerprint density at radius 3 is 1.94 bits per heavy atom. The standard InChI is InChI=1S/C7H7F6N3/c1-16-5(7(11,12)13)3(2-14)4(15-16)6(8,9)10/h2,14H2,1H3. The Hall–Kier alpha value is -1.25. The first-order valence-electron chi connectivity index (χ1n) is 3.99. The zero-order valence-electron chi connectivity index (χ0n) is 7.95. The van der Waals surface area contributed by atoms with Crippen LogP contribution in [0.4, 0.5) is 26.3 Å². The van der Waals surface area contributed by atoms with E-state index < -0.39 is 35.8 Å². The third kappa shape index (κ3) is 2.13. The Balaban J connectivity index is 3.48. The van der Waals surface area contributed by atoms with Gasteiger partial charge in [-0.05, 0) is 0 Å². The molecule has 0 spiro atoms. The van der Waals surface area contributed by atoms with Crippen molar-refractivity contribution in [1.82, 2.24) is 9.78 Å². The molecular weight excluding hydrogens is 240 g/mol. The summed E-state index contributed by atoms with van der Waals surface area (Å²) >= 11 is 0. The summed E-state index contributed by atoms with van der Waals surface area (Å²) in [6.45, 7) is -0.877. The van der Waals surface area contributed by atoms with Gasteiger partial charge >= 0.3 is 12.4 Å². The Bertz CT molecular complexity index is 388. The fourth-order valence-corrected chi connectivity index (χ4v) is 1.34. The highest BCUT2D eigenvalue weighted by Gasteiger charge is 2.45. The van der Waals surface area contributed by atoms with Crippen molar-refractivity contribution in [2.75, 3.05) is 0 Å². The average Bonchev–Trinajstić information content (AvgIpc) is 2.40. The molecule has 0 aliphatic rings. The summed E-state index contributed by atoms with van der Waals surface area (Å²) in [6.07, 6.45) is -9.87. The van der Waals surface area contributed by atoms with Crippen LogP contribution in [0.3, 0.4) is 0 Å². The summed E-state index contributed by atoms with van der Waals surface area (Å²) in [5.74, 6) is 0. The number of alkyl halides is 6. The molecule has 0 aliphatic heterocycles. The molecule has 0 saturated carbocycles. The molecule has 92 valence electrons. The zero-order chi connectivity index (χ0) is 12.7. The largest absolute Gasteiger partial charge is 0.435 e. The molecule has 0 unspecified atom stereocenters. The van der Waals surface area contributed by atoms with Crippen LogP contribution in [0.5, 0.6) is 0 Å². The lowest BCUT2D eigenvalue weighted by molar-refractivity contribution is -0.145. The number of aromatic nitrogens is 2. The van der Waals surface area contributed by atoms with Gasteiger partial charge in [-0.15, -0.1) is 0 Å². The van der Waals surface area contributed by atoms with Gasteiger partial charge in [-0.2, -0.15) is 31.4 Å². The van der Waals surface area contributed by atoms with Crippen molar-refractivity contribution in [2.24, 2.45) is 12.8 Å². The van der Waals surface area contributed by atoms with Gasteiger partial charge in [0.15, 0.2) is 5.69 Å². The van der Waals surface area contributed by atoms with Crippen LogP contribution in [0.25, 0.3) is 0 Å². The van der Waals surface area contributed by atoms with Gasteiger partial charge in [0.2, 0.25) is 0 Å². The number of halogens is 6. The van der Waals surface area contributed by atoms with E-state index in [0.29, 0.717) is 0 Å². The van der Waals surface area contributed by atoms with Gasteiger partial charge in [0.25, 0.3) is 0 Å². The Morgan fingerprint density at radius 2 is 1.62 bits per heavy atom. The maximum absolute atomic E-state index is 12.4. The smallest absolute Gasteiger partial charge is 0.326 e. The van der Waals surface area contributed by atoms with Crippen LogP contribution >= 0.6 is 0 Å². The molecule has 0 amide bonds. The van der Waals surface area contributed by atoms with Crippen molar-refractivity contribution in [3.8, 4) is 0 Å². The molecule has 1 heterocycles. The first kappa shape index (κ1) is 12.8. The fraction of sp³-hybridized carbons (Fsp3) is 0.571. The molecule has 16 heavy (non-hydrogen) atoms. The summed E-state index contributed by atoms with van der Waals surface area (Å²) in [4.78, 5) is 0. The van der Waals surface area contributed by atoms with E-state index in [1.165, 1.54) is 0 Å². The van der Waals surface area contributed by atoms with Crippen LogP contribution in [0.15, 0.2) is 0 Å². The van der Waals surface area contributed by atoms with E-state index in [0.717, 1.165) is 7.05 Å². The van der Waals surface area contributed by atoms with Gasteiger partial charge in [0, 0.05) is 19.2 Å². The van der Waals surface area contributed by atoms with Gasteiger partial charge in [-0.3, -0.25) is 4.68 Å². The van der Waals surface area contributed by atoms with Crippen LogP contribution in [0, 0.1) is 0 Å². The summed E-state index contributed by atoms with van der Waals surface area (Å²) in [6, 6.07) is 0. The molecule has 9 heteroatoms. The minimum Gasteiger partial charge on any atom is -0.326 e. The molecule has 1 rings (SSSR count). The summed E-state index contributed by atoms with van der Waals surface area (Å²) in [5.41, 5.74) is 0.803. The predicted molar refractivity (Wildman–Crippen MR) is 41.1 cm³/mol. The normalized spacial score (nSPS) is 13.2. The number of nitrogens with zero attached hydrogens (tertiary/aromatic N) is 2. The second-order valence-electron chi connectivity index (χ2n) is 3.00. The number of rotatable bonds is 1. The first-order valence-corrected chi connectivity index (χ1v) is 3.99. The van der Waals surface area contributed by atoms with Crippen LogP contribution in [0.1, 0.15) is 17.0 Å². The van der Waals surface area contributed by atoms with Crippen molar-refractivity contribution in [3.63, 3.8) is 0 Å². The number of aryl methyl sites for hydroxylation is 1. The quantitative estimate of drug-likeness (QED) is 0.770. The molecule has 0 fully saturated rings. The molecule has 2 N–H and O–H groups in total. The Labute approximate surface area is 85.8 Å². The summed E-state index contributed by atoms with van der Waals surface area (Å²) < 4.78 is 74.3. The minimum absolute atomic E-state index is 0.144. The lowest BCUT2D eigenvalue weighted by atomic mass is 10.1. The average molecular weight is 247 g/mol. The van der Waals surface area contributed by atoms with Gasteiger partial charge in [0.05, 0.1) is 0 Å². The highest BCUT2D eigenvalue weighted by atomic mass is 19.4. The second kappa shape index (κ2) is 3.65. The van der Waals surface area contributed by atoms with E-state index in [2.05, 4.69) is 5.10 Å². The van der Waals surface area contributed by atoms with Gasteiger partial charge in [0.1, 0.15) is 5.69 Å². The minimum atomic E-state index is -4.95. The second-order valence-corrected chi connectivity index (χ2v) is 3.00. The van der Waals surface area contributed by atoms with E-state index in [9.17, 15) is 26.3 Å². The van der Waals surface area contributed by atoms with E-state index in [-0.39, 0.29) is 4.68 Å². The van der Waals surface area contributed by atoms with Crippen LogP contribution in [-0.4, -0.2) is 9.78 Å². The van der Waals surface area contributed by atoms with Crippen molar-refractivity contribution in [2.45, 2.75) is 18.9 Å². The predicted octanol–water partition coefficient (Wildman–Crippen LogP) is 1.92. The van der Waals surface area contributed by atoms with Crippen molar-refractivity contribution in [3.05, 3.63) is 17.0 Å². The number of hydrogen-bond acceptors (Lipinski definition) is 2. The van der Waals surface area contributed by atoms with Crippen LogP contribution < -0.4 is 5.73 Å². The number of nitrogens with two attached hydrogens (primary N) is 1. The lowest BCUT2D eigenvalue weighted by Crippen LogP contribution is -2.16. The molecule has 1 aromatic rings. The molecular formula is C7H7F6N3. The maximum Gasteiger partial charge on any atom is 0.435 e. The third-order valence-corrected chi connectivity index (χ3v) is 1.89. The lowest BCUT2D eigenvalue weighted by Gasteiger charge is -2.09. The van der Waals surface area contributed by atoms with Crippen molar-refractivity contribution in [1.29, 1.82) is 0 Å². The van der Waals surface area contributed by atoms with E-state index in [4.69, 9.17) is 5.73 Å². The molecule has 0 bridgehead atoms. The Morgan fingerprint density at radius 1 is 1.12 bits per heavy atom. The van der Waals surface area contributed by atoms with Gasteiger partial charge in [-0.1, -0.05) is 0 Å². The topological polar surface area (TPSA) is 43.8 Å². The molecule has 1 aromatic heterocycles. The molecule has 3 nitrogen and oxygen atoms in total. The molecule has 0 aromatic carbocycles. The number of hydrogen-bond donors (Lipinski definition) is 1. The molecule has 0 saturated heterocycles. The monoisotopic (exact) mass is 247 g/mol. The SMILES string of the molecule is Cn1nc(C(F)(F)F)c(CN)c1C(F)(F)F. The first-order chi connectivity index (χ1) is 7.09. The highest BCUT2D eigenvalue weighted by Crippen LogP contribution is 2.38. The Kier molecular flexibility index (Phi) is 2.92. The van der Waals surface area contributed by atoms with Crippen LogP contribution in [0.2, 0.25) is 0 Å².